The number of likely N-dealkylation sites (N-methyl/N-ethyl adjacent to an activating group) is 1. The third-order valence-electron chi connectivity index (χ3n) is 3.05. The lowest BCUT2D eigenvalue weighted by atomic mass is 10.3. The van der Waals surface area contributed by atoms with Gasteiger partial charge in [-0.05, 0) is 19.2 Å². The summed E-state index contributed by atoms with van der Waals surface area (Å²) >= 11 is 0. The molecule has 0 amide bonds. The van der Waals surface area contributed by atoms with Gasteiger partial charge in [0.2, 0.25) is 0 Å². The van der Waals surface area contributed by atoms with Crippen molar-refractivity contribution in [2.24, 2.45) is 0 Å². The lowest BCUT2D eigenvalue weighted by Crippen LogP contribution is -2.27. The van der Waals surface area contributed by atoms with E-state index in [1.54, 1.807) is 7.05 Å². The number of benzene rings is 1. The van der Waals surface area contributed by atoms with Crippen LogP contribution in [0.5, 0.6) is 5.75 Å². The van der Waals surface area contributed by atoms with E-state index in [0.29, 0.717) is 6.54 Å². The third-order valence-corrected chi connectivity index (χ3v) is 3.05. The number of nitrogens with one attached hydrogen (secondary N) is 2. The van der Waals surface area contributed by atoms with Gasteiger partial charge in [-0.2, -0.15) is 5.26 Å². The molecule has 3 atom stereocenters. The first-order chi connectivity index (χ1) is 9.33. The van der Waals surface area contributed by atoms with E-state index in [-0.39, 0.29) is 0 Å². The maximum Gasteiger partial charge on any atom is 0.196 e. The maximum absolute atomic E-state index is 8.70. The van der Waals surface area contributed by atoms with Crippen molar-refractivity contribution in [3.63, 3.8) is 0 Å². The van der Waals surface area contributed by atoms with E-state index in [4.69, 9.17) is 10.00 Å². The van der Waals surface area contributed by atoms with Crippen LogP contribution in [0.15, 0.2) is 30.3 Å². The van der Waals surface area contributed by atoms with Crippen LogP contribution in [0.3, 0.4) is 0 Å². The van der Waals surface area contributed by atoms with Crippen LogP contribution in [-0.2, 0) is 0 Å². The fourth-order valence-corrected chi connectivity index (χ4v) is 1.95. The average Bonchev–Trinajstić information content (AvgIpc) is 3.06. The summed E-state index contributed by atoms with van der Waals surface area (Å²) in [5, 5.41) is 14.9. The molecule has 5 nitrogen and oxygen atoms in total. The van der Waals surface area contributed by atoms with Crippen molar-refractivity contribution in [2.75, 3.05) is 33.2 Å². The Bertz CT molecular complexity index is 409. The van der Waals surface area contributed by atoms with E-state index in [2.05, 4.69) is 21.6 Å². The van der Waals surface area contributed by atoms with Gasteiger partial charge in [0, 0.05) is 26.2 Å². The maximum atomic E-state index is 8.70. The molecular weight excluding hydrogens is 240 g/mol. The van der Waals surface area contributed by atoms with Crippen LogP contribution in [0.1, 0.15) is 0 Å². The van der Waals surface area contributed by atoms with Gasteiger partial charge in [0.05, 0.1) is 6.17 Å². The second kappa shape index (κ2) is 7.10. The van der Waals surface area contributed by atoms with Gasteiger partial charge in [0.1, 0.15) is 11.8 Å². The highest BCUT2D eigenvalue weighted by Gasteiger charge is 2.37. The molecule has 102 valence electrons. The molecule has 3 rings (SSSR count). The molecular formula is C14H20N4O. The molecule has 2 heterocycles. The first kappa shape index (κ1) is 13.8. The third kappa shape index (κ3) is 4.52. The summed E-state index contributed by atoms with van der Waals surface area (Å²) in [6.07, 6.45) is 0.373. The number of para-hydroxylation sites is 1. The Morgan fingerprint density at radius 2 is 2.32 bits per heavy atom. The normalized spacial score (nSPS) is 24.4. The summed E-state index contributed by atoms with van der Waals surface area (Å²) in [7, 11) is 1.79. The zero-order valence-electron chi connectivity index (χ0n) is 11.2. The van der Waals surface area contributed by atoms with Crippen molar-refractivity contribution in [1.29, 1.82) is 5.26 Å². The van der Waals surface area contributed by atoms with E-state index in [1.807, 2.05) is 30.3 Å². The summed E-state index contributed by atoms with van der Waals surface area (Å²) in [4.78, 5) is 2.42. The number of ether oxygens (including phenoxy) is 1. The summed E-state index contributed by atoms with van der Waals surface area (Å²) in [5.41, 5.74) is 0. The number of nitrogens with zero attached hydrogens (tertiary/aromatic N) is 2. The van der Waals surface area contributed by atoms with Gasteiger partial charge in [-0.15, -0.1) is 0 Å². The number of hydrogen-bond acceptors (Lipinski definition) is 5. The van der Waals surface area contributed by atoms with Crippen LogP contribution in [-0.4, -0.2) is 50.4 Å². The zero-order chi connectivity index (χ0) is 13.5. The zero-order valence-corrected chi connectivity index (χ0v) is 11.2. The minimum Gasteiger partial charge on any atom is -0.474 e. The smallest absolute Gasteiger partial charge is 0.196 e. The molecule has 0 radical (unpaired) electrons. The first-order valence-corrected chi connectivity index (χ1v) is 6.57. The summed E-state index contributed by atoms with van der Waals surface area (Å²) in [5.74, 6) is 0.726. The van der Waals surface area contributed by atoms with Crippen molar-refractivity contribution in [2.45, 2.75) is 12.3 Å². The van der Waals surface area contributed by atoms with E-state index < -0.39 is 6.10 Å². The standard InChI is InChI=1S/C10H12N2O.C4H8N2/c1-12-8-10(7-11)13-9-5-3-2-4-6-9;1-2-6-3-4(6)5-1/h2-6,10,12H,8H2,1H3;4-5H,1-3H2. The van der Waals surface area contributed by atoms with E-state index in [9.17, 15) is 0 Å². The van der Waals surface area contributed by atoms with E-state index in [0.717, 1.165) is 11.9 Å². The lowest BCUT2D eigenvalue weighted by molar-refractivity contribution is 0.254. The molecule has 19 heavy (non-hydrogen) atoms. The van der Waals surface area contributed by atoms with Gasteiger partial charge >= 0.3 is 0 Å². The number of hydrogen-bond donors (Lipinski definition) is 2. The van der Waals surface area contributed by atoms with Crippen LogP contribution >= 0.6 is 0 Å². The number of fused-ring (bicyclic) bond motifs is 1. The second-order valence-corrected chi connectivity index (χ2v) is 4.57. The van der Waals surface area contributed by atoms with Crippen LogP contribution < -0.4 is 15.4 Å². The summed E-state index contributed by atoms with van der Waals surface area (Å²) < 4.78 is 5.38. The average molecular weight is 260 g/mol. The van der Waals surface area contributed by atoms with Gasteiger partial charge in [-0.1, -0.05) is 18.2 Å². The highest BCUT2D eigenvalue weighted by Crippen LogP contribution is 2.16. The summed E-state index contributed by atoms with van der Waals surface area (Å²) in [6, 6.07) is 11.4. The summed E-state index contributed by atoms with van der Waals surface area (Å²) in [6.45, 7) is 4.33. The van der Waals surface area contributed by atoms with Gasteiger partial charge in [0.15, 0.2) is 6.10 Å². The Morgan fingerprint density at radius 3 is 2.74 bits per heavy atom. The molecule has 1 aromatic rings. The predicted octanol–water partition coefficient (Wildman–Crippen LogP) is 0.408. The van der Waals surface area contributed by atoms with Crippen LogP contribution in [0.2, 0.25) is 0 Å². The molecule has 1 aromatic carbocycles. The highest BCUT2D eigenvalue weighted by molar-refractivity contribution is 5.22. The Kier molecular flexibility index (Phi) is 5.16. The molecule has 2 aliphatic rings. The molecule has 2 aliphatic heterocycles. The largest absolute Gasteiger partial charge is 0.474 e. The minimum atomic E-state index is -0.424. The fourth-order valence-electron chi connectivity index (χ4n) is 1.95. The number of piperazine rings is 1. The van der Waals surface area contributed by atoms with Crippen LogP contribution in [0, 0.1) is 11.3 Å². The number of nitriles is 1. The molecule has 0 saturated carbocycles. The molecule has 0 bridgehead atoms. The Morgan fingerprint density at radius 1 is 1.53 bits per heavy atom. The van der Waals surface area contributed by atoms with Crippen molar-refractivity contribution in [3.8, 4) is 11.8 Å². The Hall–Kier alpha value is -1.61. The molecule has 2 saturated heterocycles. The lowest BCUT2D eigenvalue weighted by Gasteiger charge is -2.10. The molecule has 0 aromatic heterocycles. The van der Waals surface area contributed by atoms with Crippen molar-refractivity contribution < 1.29 is 4.74 Å². The predicted molar refractivity (Wildman–Crippen MR) is 73.8 cm³/mol. The second-order valence-electron chi connectivity index (χ2n) is 4.57. The van der Waals surface area contributed by atoms with E-state index in [1.165, 1.54) is 19.6 Å². The van der Waals surface area contributed by atoms with Gasteiger partial charge in [0.25, 0.3) is 0 Å². The van der Waals surface area contributed by atoms with Crippen molar-refractivity contribution >= 4 is 0 Å². The van der Waals surface area contributed by atoms with Gasteiger partial charge in [-0.25, -0.2) is 0 Å². The van der Waals surface area contributed by atoms with E-state index >= 15 is 0 Å². The molecule has 0 aliphatic carbocycles. The van der Waals surface area contributed by atoms with Gasteiger partial charge in [-0.3, -0.25) is 10.2 Å². The molecule has 5 heteroatoms. The SMILES string of the molecule is C1CN2CC2N1.CNCC(C#N)Oc1ccccc1. The van der Waals surface area contributed by atoms with Crippen LogP contribution in [0.25, 0.3) is 0 Å². The first-order valence-electron chi connectivity index (χ1n) is 6.57. The van der Waals surface area contributed by atoms with Crippen molar-refractivity contribution in [3.05, 3.63) is 30.3 Å². The highest BCUT2D eigenvalue weighted by atomic mass is 16.5. The molecule has 3 unspecified atom stereocenters. The topological polar surface area (TPSA) is 60.1 Å². The number of rotatable bonds is 4. The minimum absolute atomic E-state index is 0.424. The fraction of sp³-hybridized carbons (Fsp3) is 0.500. The Labute approximate surface area is 114 Å². The molecule has 0 spiro atoms. The Balaban J connectivity index is 0.000000180. The van der Waals surface area contributed by atoms with Crippen molar-refractivity contribution in [1.82, 2.24) is 15.5 Å². The molecule has 2 N–H and O–H groups in total. The van der Waals surface area contributed by atoms with Gasteiger partial charge < -0.3 is 10.1 Å². The quantitative estimate of drug-likeness (QED) is 0.768. The monoisotopic (exact) mass is 260 g/mol. The molecule has 2 fully saturated rings. The van der Waals surface area contributed by atoms with Crippen LogP contribution in [0.4, 0.5) is 0 Å².